The van der Waals surface area contributed by atoms with E-state index in [2.05, 4.69) is 55.5 Å². The van der Waals surface area contributed by atoms with Gasteiger partial charge in [0.2, 0.25) is 11.6 Å². The van der Waals surface area contributed by atoms with E-state index >= 15 is 0 Å². The maximum absolute atomic E-state index is 12.8. The second kappa shape index (κ2) is 10.3. The van der Waals surface area contributed by atoms with Gasteiger partial charge in [0.05, 0.1) is 18.4 Å². The Bertz CT molecular complexity index is 1690. The van der Waals surface area contributed by atoms with Gasteiger partial charge in [0.1, 0.15) is 18.2 Å². The molecular weight excluding hydrogens is 521 g/mol. The van der Waals surface area contributed by atoms with E-state index in [1.165, 1.54) is 17.3 Å². The minimum Gasteiger partial charge on any atom is -0.422 e. The van der Waals surface area contributed by atoms with Gasteiger partial charge in [-0.25, -0.2) is 9.97 Å². The molecule has 4 aromatic heterocycles. The molecule has 0 spiro atoms. The number of piperidine rings is 1. The molecule has 5 heterocycles. The Hall–Kier alpha value is -4.37. The molecule has 1 aliphatic heterocycles. The number of hydrogen-bond donors (Lipinski definition) is 2. The zero-order valence-electron chi connectivity index (χ0n) is 21.8. The summed E-state index contributed by atoms with van der Waals surface area (Å²) in [4.78, 5) is 10.5. The third-order valence-electron chi connectivity index (χ3n) is 7.51. The first kappa shape index (κ1) is 25.9. The van der Waals surface area contributed by atoms with Crippen molar-refractivity contribution < 1.29 is 17.6 Å². The molecule has 1 saturated heterocycles. The van der Waals surface area contributed by atoms with Gasteiger partial charge < -0.3 is 14.3 Å². The van der Waals surface area contributed by atoms with E-state index in [4.69, 9.17) is 4.42 Å². The van der Waals surface area contributed by atoms with Crippen LogP contribution in [0.1, 0.15) is 41.1 Å². The van der Waals surface area contributed by atoms with Crippen molar-refractivity contribution in [2.45, 2.75) is 51.5 Å². The number of halogens is 3. The third-order valence-corrected chi connectivity index (χ3v) is 7.51. The minimum atomic E-state index is -4.40. The van der Waals surface area contributed by atoms with Crippen molar-refractivity contribution in [3.63, 3.8) is 0 Å². The van der Waals surface area contributed by atoms with Crippen LogP contribution in [-0.2, 0) is 19.5 Å². The molecule has 1 fully saturated rings. The number of hydrogen-bond acceptors (Lipinski definition) is 7. The first-order valence-corrected chi connectivity index (χ1v) is 13.1. The van der Waals surface area contributed by atoms with E-state index in [9.17, 15) is 18.4 Å². The molecule has 0 aliphatic carbocycles. The van der Waals surface area contributed by atoms with E-state index in [0.29, 0.717) is 23.4 Å². The number of aromatic amines is 1. The Morgan fingerprint density at radius 3 is 2.75 bits per heavy atom. The number of pyridine rings is 1. The highest BCUT2D eigenvalue weighted by atomic mass is 19.4. The molecule has 0 radical (unpaired) electrons. The zero-order chi connectivity index (χ0) is 27.9. The van der Waals surface area contributed by atoms with Crippen molar-refractivity contribution in [3.8, 4) is 6.07 Å². The fourth-order valence-electron chi connectivity index (χ4n) is 5.44. The van der Waals surface area contributed by atoms with Crippen molar-refractivity contribution in [1.82, 2.24) is 29.6 Å². The van der Waals surface area contributed by atoms with Crippen LogP contribution in [-0.4, -0.2) is 54.9 Å². The highest BCUT2D eigenvalue weighted by molar-refractivity contribution is 5.87. The molecule has 5 aromatic rings. The van der Waals surface area contributed by atoms with Crippen LogP contribution in [0, 0.1) is 18.3 Å². The van der Waals surface area contributed by atoms with Crippen LogP contribution in [0.5, 0.6) is 0 Å². The number of alkyl halides is 3. The van der Waals surface area contributed by atoms with Crippen molar-refractivity contribution in [2.75, 3.05) is 18.4 Å². The van der Waals surface area contributed by atoms with Gasteiger partial charge in [0.15, 0.2) is 5.52 Å². The van der Waals surface area contributed by atoms with Gasteiger partial charge in [-0.15, -0.1) is 0 Å². The van der Waals surface area contributed by atoms with Crippen molar-refractivity contribution in [1.29, 1.82) is 5.26 Å². The van der Waals surface area contributed by atoms with Crippen LogP contribution >= 0.6 is 0 Å². The summed E-state index contributed by atoms with van der Waals surface area (Å²) in [5.74, 6) is -0.384. The number of rotatable bonds is 7. The lowest BCUT2D eigenvalue weighted by Gasteiger charge is -2.33. The molecule has 0 amide bonds. The SMILES string of the molecule is Cc1c(CN2CCC(Nc3ccnc4oc(CC(F)(F)F)nc34)CC2)ccc2c1cc(C#N)n2Cc1cn[nH]c1. The topological polar surface area (TPSA) is 112 Å². The molecule has 40 heavy (non-hydrogen) atoms. The normalized spacial score (nSPS) is 15.2. The first-order chi connectivity index (χ1) is 19.3. The molecule has 9 nitrogen and oxygen atoms in total. The average molecular weight is 549 g/mol. The third kappa shape index (κ3) is 5.24. The number of nitriles is 1. The minimum absolute atomic E-state index is 0.103. The highest BCUT2D eigenvalue weighted by Gasteiger charge is 2.31. The number of nitrogens with one attached hydrogen (secondary N) is 2. The van der Waals surface area contributed by atoms with Gasteiger partial charge in [-0.05, 0) is 49.1 Å². The molecule has 206 valence electrons. The lowest BCUT2D eigenvalue weighted by Crippen LogP contribution is -2.38. The fourth-order valence-corrected chi connectivity index (χ4v) is 5.44. The summed E-state index contributed by atoms with van der Waals surface area (Å²) in [6, 6.07) is 10.4. The molecular formula is C28H27F3N8O. The summed E-state index contributed by atoms with van der Waals surface area (Å²) >= 11 is 0. The molecule has 2 N–H and O–H groups in total. The van der Waals surface area contributed by atoms with E-state index in [0.717, 1.165) is 48.9 Å². The molecule has 0 saturated carbocycles. The second-order valence-electron chi connectivity index (χ2n) is 10.2. The van der Waals surface area contributed by atoms with Crippen LogP contribution in [0.15, 0.2) is 47.3 Å². The number of anilines is 1. The first-order valence-electron chi connectivity index (χ1n) is 13.1. The average Bonchev–Trinajstić information content (AvgIpc) is 3.66. The van der Waals surface area contributed by atoms with E-state index < -0.39 is 12.6 Å². The Balaban J connectivity index is 1.12. The molecule has 0 unspecified atom stereocenters. The summed E-state index contributed by atoms with van der Waals surface area (Å²) < 4.78 is 45.6. The van der Waals surface area contributed by atoms with Crippen molar-refractivity contribution >= 4 is 27.8 Å². The van der Waals surface area contributed by atoms with Gasteiger partial charge in [-0.1, -0.05) is 6.07 Å². The molecule has 1 aromatic carbocycles. The van der Waals surface area contributed by atoms with Crippen LogP contribution < -0.4 is 5.32 Å². The lowest BCUT2D eigenvalue weighted by molar-refractivity contribution is -0.130. The van der Waals surface area contributed by atoms with Gasteiger partial charge in [-0.3, -0.25) is 10.00 Å². The predicted molar refractivity (Wildman–Crippen MR) is 143 cm³/mol. The smallest absolute Gasteiger partial charge is 0.397 e. The van der Waals surface area contributed by atoms with Gasteiger partial charge >= 0.3 is 6.18 Å². The van der Waals surface area contributed by atoms with Crippen LogP contribution in [0.4, 0.5) is 18.9 Å². The summed E-state index contributed by atoms with van der Waals surface area (Å²) in [6.45, 7) is 5.21. The Morgan fingerprint density at radius 1 is 1.20 bits per heavy atom. The van der Waals surface area contributed by atoms with Gasteiger partial charge in [-0.2, -0.15) is 23.5 Å². The zero-order valence-corrected chi connectivity index (χ0v) is 21.8. The summed E-state index contributed by atoms with van der Waals surface area (Å²) in [7, 11) is 0. The van der Waals surface area contributed by atoms with Crippen LogP contribution in [0.3, 0.4) is 0 Å². The molecule has 0 atom stereocenters. The summed E-state index contributed by atoms with van der Waals surface area (Å²) in [5, 5.41) is 21.1. The largest absolute Gasteiger partial charge is 0.422 e. The predicted octanol–water partition coefficient (Wildman–Crippen LogP) is 5.31. The van der Waals surface area contributed by atoms with Crippen LogP contribution in [0.2, 0.25) is 0 Å². The summed E-state index contributed by atoms with van der Waals surface area (Å²) in [5.41, 5.74) is 6.10. The number of oxazole rings is 1. The van der Waals surface area contributed by atoms with Gasteiger partial charge in [0.25, 0.3) is 0 Å². The standard InChI is InChI=1S/C28H27F3N8O/c1-17-19(2-3-24-22(17)10-21(12-32)39(24)15-18-13-34-35-14-18)16-38-8-5-20(6-9-38)36-23-4-7-33-27-26(23)37-25(40-27)11-28(29,30)31/h2-4,7,10,13-14,20H,5-6,8-9,11,15-16H2,1H3,(H,33,36)(H,34,35). The molecule has 12 heteroatoms. The maximum Gasteiger partial charge on any atom is 0.397 e. The Kier molecular flexibility index (Phi) is 6.67. The second-order valence-corrected chi connectivity index (χ2v) is 10.2. The Labute approximate surface area is 227 Å². The van der Waals surface area contributed by atoms with Crippen molar-refractivity contribution in [2.24, 2.45) is 0 Å². The lowest BCUT2D eigenvalue weighted by atomic mass is 10.0. The highest BCUT2D eigenvalue weighted by Crippen LogP contribution is 2.30. The molecule has 6 rings (SSSR count). The monoisotopic (exact) mass is 548 g/mol. The number of nitrogens with zero attached hydrogens (tertiary/aromatic N) is 6. The molecule has 1 aliphatic rings. The van der Waals surface area contributed by atoms with E-state index in [1.807, 2.05) is 16.8 Å². The number of aryl methyl sites for hydroxylation is 1. The number of fused-ring (bicyclic) bond motifs is 2. The van der Waals surface area contributed by atoms with Crippen molar-refractivity contribution in [3.05, 3.63) is 71.1 Å². The number of likely N-dealkylation sites (tertiary alicyclic amines) is 1. The quantitative estimate of drug-likeness (QED) is 0.284. The maximum atomic E-state index is 12.8. The number of H-pyrrole nitrogens is 1. The molecule has 0 bridgehead atoms. The van der Waals surface area contributed by atoms with Gasteiger partial charge in [0, 0.05) is 54.5 Å². The number of aromatic nitrogens is 5. The van der Waals surface area contributed by atoms with E-state index in [1.54, 1.807) is 12.3 Å². The number of benzene rings is 1. The van der Waals surface area contributed by atoms with E-state index in [-0.39, 0.29) is 17.6 Å². The summed E-state index contributed by atoms with van der Waals surface area (Å²) in [6.07, 6.45) is 1.24. The Morgan fingerprint density at radius 2 is 2.02 bits per heavy atom. The van der Waals surface area contributed by atoms with Crippen LogP contribution in [0.25, 0.3) is 22.1 Å². The fraction of sp³-hybridized carbons (Fsp3) is 0.357.